The number of hydrogen-bond donors (Lipinski definition) is 1. The molecule has 5 rings (SSSR count). The Balaban J connectivity index is 1.44. The number of nitrogens with one attached hydrogen (secondary N) is 1. The first-order valence-electron chi connectivity index (χ1n) is 8.71. The minimum absolute atomic E-state index is 0.000374. The summed E-state index contributed by atoms with van der Waals surface area (Å²) in [7, 11) is 0. The van der Waals surface area contributed by atoms with Gasteiger partial charge in [-0.05, 0) is 41.0 Å². The third-order valence-electron chi connectivity index (χ3n) is 4.75. The molecule has 1 aliphatic heterocycles. The van der Waals surface area contributed by atoms with E-state index in [1.807, 2.05) is 54.7 Å². The number of aromatic nitrogens is 4. The molecular formula is C21H14ClN5O. The number of carbonyl (C=O) groups is 1. The number of rotatable bonds is 3. The number of anilines is 1. The Kier molecular flexibility index (Phi) is 3.91. The number of hydrogen-bond acceptors (Lipinski definition) is 4. The molecule has 1 aliphatic rings. The number of amides is 1. The Morgan fingerprint density at radius 3 is 2.50 bits per heavy atom. The highest BCUT2D eigenvalue weighted by Crippen LogP contribution is 2.36. The van der Waals surface area contributed by atoms with Crippen molar-refractivity contribution in [3.05, 3.63) is 78.0 Å². The molecule has 0 saturated heterocycles. The maximum Gasteiger partial charge on any atom is 0.228 e. The van der Waals surface area contributed by atoms with Crippen molar-refractivity contribution in [2.75, 3.05) is 5.32 Å². The van der Waals surface area contributed by atoms with Crippen molar-refractivity contribution in [1.29, 1.82) is 0 Å². The smallest absolute Gasteiger partial charge is 0.228 e. The average Bonchev–Trinajstić information content (AvgIpc) is 3.37. The van der Waals surface area contributed by atoms with E-state index in [0.717, 1.165) is 33.5 Å². The normalized spacial score (nSPS) is 12.7. The fourth-order valence-electron chi connectivity index (χ4n) is 3.33. The lowest BCUT2D eigenvalue weighted by atomic mass is 9.99. The van der Waals surface area contributed by atoms with Gasteiger partial charge in [-0.3, -0.25) is 4.79 Å². The summed E-state index contributed by atoms with van der Waals surface area (Å²) in [4.78, 5) is 20.0. The van der Waals surface area contributed by atoms with Gasteiger partial charge >= 0.3 is 0 Å². The van der Waals surface area contributed by atoms with Crippen molar-refractivity contribution in [1.82, 2.24) is 19.7 Å². The van der Waals surface area contributed by atoms with Crippen molar-refractivity contribution in [3.63, 3.8) is 0 Å². The summed E-state index contributed by atoms with van der Waals surface area (Å²) >= 11 is 6.44. The number of pyridine rings is 1. The fourth-order valence-corrected chi connectivity index (χ4v) is 3.60. The zero-order valence-corrected chi connectivity index (χ0v) is 15.4. The third-order valence-corrected chi connectivity index (χ3v) is 5.06. The topological polar surface area (TPSA) is 72.7 Å². The summed E-state index contributed by atoms with van der Waals surface area (Å²) in [6.07, 6.45) is 5.29. The van der Waals surface area contributed by atoms with Crippen molar-refractivity contribution in [3.8, 4) is 28.1 Å². The van der Waals surface area contributed by atoms with E-state index >= 15 is 0 Å². The van der Waals surface area contributed by atoms with Gasteiger partial charge in [0, 0.05) is 23.0 Å². The van der Waals surface area contributed by atoms with Crippen LogP contribution in [0.4, 0.5) is 5.69 Å². The van der Waals surface area contributed by atoms with Crippen LogP contribution in [0.2, 0.25) is 5.02 Å². The van der Waals surface area contributed by atoms with E-state index in [1.165, 1.54) is 6.33 Å². The highest BCUT2D eigenvalue weighted by Gasteiger charge is 2.20. The highest BCUT2D eigenvalue weighted by atomic mass is 35.5. The van der Waals surface area contributed by atoms with Crippen LogP contribution in [0.25, 0.3) is 28.1 Å². The number of carbonyl (C=O) groups excluding carboxylic acids is 1. The lowest BCUT2D eigenvalue weighted by Crippen LogP contribution is -2.03. The van der Waals surface area contributed by atoms with Gasteiger partial charge < -0.3 is 5.32 Å². The van der Waals surface area contributed by atoms with Crippen LogP contribution in [0, 0.1) is 0 Å². The van der Waals surface area contributed by atoms with Gasteiger partial charge in [0.25, 0.3) is 0 Å². The largest absolute Gasteiger partial charge is 0.325 e. The molecule has 0 aliphatic carbocycles. The standard InChI is InChI=1S/C21H14ClN5O/c22-18-9-19-16(8-21(28)26-19)7-17(18)14-3-1-13(2-4-14)15-5-6-20(24-10-15)27-12-23-11-25-27/h1-7,9-12H,8H2,(H,26,28). The molecule has 0 saturated carbocycles. The molecule has 2 aromatic heterocycles. The molecule has 2 aromatic carbocycles. The molecule has 1 N–H and O–H groups in total. The van der Waals surface area contributed by atoms with Crippen molar-refractivity contribution >= 4 is 23.2 Å². The lowest BCUT2D eigenvalue weighted by molar-refractivity contribution is -0.115. The molecule has 136 valence electrons. The predicted molar refractivity (Wildman–Crippen MR) is 107 cm³/mol. The van der Waals surface area contributed by atoms with Gasteiger partial charge in [-0.25, -0.2) is 14.6 Å². The summed E-state index contributed by atoms with van der Waals surface area (Å²) in [6.45, 7) is 0. The average molecular weight is 388 g/mol. The van der Waals surface area contributed by atoms with Gasteiger partial charge in [-0.1, -0.05) is 35.9 Å². The molecule has 0 atom stereocenters. The predicted octanol–water partition coefficient (Wildman–Crippen LogP) is 4.14. The first-order valence-corrected chi connectivity index (χ1v) is 9.09. The second kappa shape index (κ2) is 6.58. The Morgan fingerprint density at radius 1 is 1.00 bits per heavy atom. The lowest BCUT2D eigenvalue weighted by Gasteiger charge is -2.09. The molecule has 0 radical (unpaired) electrons. The van der Waals surface area contributed by atoms with Gasteiger partial charge in [0.1, 0.15) is 12.7 Å². The molecule has 3 heterocycles. The maximum atomic E-state index is 11.6. The first kappa shape index (κ1) is 16.6. The second-order valence-corrected chi connectivity index (χ2v) is 6.94. The van der Waals surface area contributed by atoms with E-state index in [2.05, 4.69) is 20.4 Å². The molecule has 0 spiro atoms. The van der Waals surface area contributed by atoms with E-state index < -0.39 is 0 Å². The summed E-state index contributed by atoms with van der Waals surface area (Å²) in [5.41, 5.74) is 5.75. The van der Waals surface area contributed by atoms with E-state index in [9.17, 15) is 4.79 Å². The molecule has 1 amide bonds. The van der Waals surface area contributed by atoms with Crippen molar-refractivity contribution < 1.29 is 4.79 Å². The molecule has 28 heavy (non-hydrogen) atoms. The van der Waals surface area contributed by atoms with E-state index in [1.54, 1.807) is 11.0 Å². The minimum Gasteiger partial charge on any atom is -0.325 e. The van der Waals surface area contributed by atoms with Crippen LogP contribution in [0.5, 0.6) is 0 Å². The summed E-state index contributed by atoms with van der Waals surface area (Å²) < 4.78 is 1.61. The van der Waals surface area contributed by atoms with Crippen LogP contribution in [-0.2, 0) is 11.2 Å². The number of halogens is 1. The maximum absolute atomic E-state index is 11.6. The molecule has 0 fully saturated rings. The molecule has 0 unspecified atom stereocenters. The van der Waals surface area contributed by atoms with Gasteiger partial charge in [0.2, 0.25) is 5.91 Å². The van der Waals surface area contributed by atoms with Gasteiger partial charge in [-0.2, -0.15) is 5.10 Å². The molecule has 0 bridgehead atoms. The first-order chi connectivity index (χ1) is 13.7. The van der Waals surface area contributed by atoms with Crippen molar-refractivity contribution in [2.24, 2.45) is 0 Å². The van der Waals surface area contributed by atoms with Gasteiger partial charge in [0.05, 0.1) is 11.4 Å². The third kappa shape index (κ3) is 2.93. The van der Waals surface area contributed by atoms with E-state index in [-0.39, 0.29) is 5.91 Å². The molecule has 4 aromatic rings. The van der Waals surface area contributed by atoms with E-state index in [0.29, 0.717) is 17.3 Å². The SMILES string of the molecule is O=C1Cc2cc(-c3ccc(-c4ccc(-n5cncn5)nc4)cc3)c(Cl)cc2N1. The highest BCUT2D eigenvalue weighted by molar-refractivity contribution is 6.34. The van der Waals surface area contributed by atoms with Crippen molar-refractivity contribution in [2.45, 2.75) is 6.42 Å². The Labute approximate surface area is 165 Å². The Bertz CT molecular complexity index is 1170. The zero-order valence-electron chi connectivity index (χ0n) is 14.6. The minimum atomic E-state index is 0.000374. The zero-order chi connectivity index (χ0) is 19.1. The van der Waals surface area contributed by atoms with E-state index in [4.69, 9.17) is 11.6 Å². The number of fused-ring (bicyclic) bond motifs is 1. The van der Waals surface area contributed by atoms with Crippen LogP contribution >= 0.6 is 11.6 Å². The fraction of sp³-hybridized carbons (Fsp3) is 0.0476. The summed E-state index contributed by atoms with van der Waals surface area (Å²) in [5.74, 6) is 0.714. The van der Waals surface area contributed by atoms with Crippen LogP contribution in [0.1, 0.15) is 5.56 Å². The molecule has 6 nitrogen and oxygen atoms in total. The van der Waals surface area contributed by atoms with Gasteiger partial charge in [-0.15, -0.1) is 0 Å². The van der Waals surface area contributed by atoms with Crippen LogP contribution in [0.15, 0.2) is 67.4 Å². The Hall–Kier alpha value is -3.51. The summed E-state index contributed by atoms with van der Waals surface area (Å²) in [6, 6.07) is 15.8. The quantitative estimate of drug-likeness (QED) is 0.573. The van der Waals surface area contributed by atoms with Gasteiger partial charge in [0.15, 0.2) is 5.82 Å². The number of nitrogens with zero attached hydrogens (tertiary/aromatic N) is 4. The van der Waals surface area contributed by atoms with Crippen LogP contribution in [0.3, 0.4) is 0 Å². The molecule has 7 heteroatoms. The monoisotopic (exact) mass is 387 g/mol. The van der Waals surface area contributed by atoms with Crippen LogP contribution < -0.4 is 5.32 Å². The Morgan fingerprint density at radius 2 is 1.79 bits per heavy atom. The summed E-state index contributed by atoms with van der Waals surface area (Å²) in [5, 5.41) is 7.52. The molecular weight excluding hydrogens is 374 g/mol. The van der Waals surface area contributed by atoms with Crippen LogP contribution in [-0.4, -0.2) is 25.7 Å². The second-order valence-electron chi connectivity index (χ2n) is 6.54. The number of benzene rings is 2.